The van der Waals surface area contributed by atoms with E-state index in [0.29, 0.717) is 18.7 Å². The van der Waals surface area contributed by atoms with Crippen molar-refractivity contribution in [3.63, 3.8) is 0 Å². The smallest absolute Gasteiger partial charge is 0.163 e. The third kappa shape index (κ3) is 4.77. The first-order valence-corrected chi connectivity index (χ1v) is 9.72. The number of rotatable bonds is 8. The summed E-state index contributed by atoms with van der Waals surface area (Å²) < 4.78 is 0. The van der Waals surface area contributed by atoms with Crippen molar-refractivity contribution in [2.75, 3.05) is 24.2 Å². The van der Waals surface area contributed by atoms with E-state index in [-0.39, 0.29) is 5.78 Å². The van der Waals surface area contributed by atoms with Gasteiger partial charge in [0.2, 0.25) is 0 Å². The Labute approximate surface area is 167 Å². The van der Waals surface area contributed by atoms with Crippen molar-refractivity contribution in [1.29, 1.82) is 0 Å². The molecule has 0 amide bonds. The van der Waals surface area contributed by atoms with E-state index in [4.69, 9.17) is 5.73 Å². The van der Waals surface area contributed by atoms with Crippen LogP contribution in [0.1, 0.15) is 35.7 Å². The molecule has 2 N–H and O–H groups in total. The molecule has 0 spiro atoms. The summed E-state index contributed by atoms with van der Waals surface area (Å²) in [6.45, 7) is 3.22. The maximum Gasteiger partial charge on any atom is 0.163 e. The van der Waals surface area contributed by atoms with Gasteiger partial charge >= 0.3 is 0 Å². The number of nitrogens with two attached hydrogens (primary N) is 1. The number of hydrogen-bond donors (Lipinski definition) is 1. The minimum absolute atomic E-state index is 0.117. The molecule has 0 saturated carbocycles. The number of hydrogen-bond acceptors (Lipinski definition) is 4. The van der Waals surface area contributed by atoms with Crippen LogP contribution in [0.5, 0.6) is 0 Å². The average Bonchev–Trinajstić information content (AvgIpc) is 2.73. The first-order chi connectivity index (χ1) is 13.6. The number of pyridine rings is 1. The zero-order valence-electron chi connectivity index (χ0n) is 16.6. The van der Waals surface area contributed by atoms with E-state index in [9.17, 15) is 4.79 Å². The van der Waals surface area contributed by atoms with Crippen LogP contribution in [-0.4, -0.2) is 24.4 Å². The molecule has 4 heteroatoms. The Morgan fingerprint density at radius 2 is 1.64 bits per heavy atom. The second kappa shape index (κ2) is 9.18. The molecule has 1 heterocycles. The number of nitrogens with zero attached hydrogens (tertiary/aromatic N) is 2. The van der Waals surface area contributed by atoms with Gasteiger partial charge in [-0.15, -0.1) is 0 Å². The molecule has 3 aromatic rings. The number of aromatic nitrogens is 1. The van der Waals surface area contributed by atoms with Crippen molar-refractivity contribution in [2.45, 2.75) is 26.2 Å². The summed E-state index contributed by atoms with van der Waals surface area (Å²) in [5.74, 6) is 0.616. The SMILES string of the molecule is CCCN(C)c1ccc(-c2ccc(C(=O)CCc3cccnc3N)cc2)cc1. The van der Waals surface area contributed by atoms with Gasteiger partial charge in [-0.3, -0.25) is 4.79 Å². The minimum Gasteiger partial charge on any atom is -0.383 e. The van der Waals surface area contributed by atoms with Crippen LogP contribution < -0.4 is 10.6 Å². The predicted octanol–water partition coefficient (Wildman–Crippen LogP) is 4.99. The second-order valence-corrected chi connectivity index (χ2v) is 7.02. The highest BCUT2D eigenvalue weighted by Crippen LogP contribution is 2.24. The van der Waals surface area contributed by atoms with Crippen LogP contribution in [-0.2, 0) is 6.42 Å². The third-order valence-electron chi connectivity index (χ3n) is 4.95. The van der Waals surface area contributed by atoms with Gasteiger partial charge in [0.1, 0.15) is 5.82 Å². The van der Waals surface area contributed by atoms with Crippen molar-refractivity contribution in [3.05, 3.63) is 78.0 Å². The Bertz CT molecular complexity index is 917. The first kappa shape index (κ1) is 19.6. The largest absolute Gasteiger partial charge is 0.383 e. The molecule has 0 radical (unpaired) electrons. The molecule has 3 rings (SSSR count). The summed E-state index contributed by atoms with van der Waals surface area (Å²) >= 11 is 0. The normalized spacial score (nSPS) is 10.6. The third-order valence-corrected chi connectivity index (χ3v) is 4.95. The van der Waals surface area contributed by atoms with Gasteiger partial charge in [0.05, 0.1) is 0 Å². The fourth-order valence-electron chi connectivity index (χ4n) is 3.28. The van der Waals surface area contributed by atoms with Crippen LogP contribution >= 0.6 is 0 Å². The number of Topliss-reactive ketones (excluding diaryl/α,β-unsaturated/α-hetero) is 1. The Hall–Kier alpha value is -3.14. The van der Waals surface area contributed by atoms with Gasteiger partial charge in [-0.2, -0.15) is 0 Å². The summed E-state index contributed by atoms with van der Waals surface area (Å²) in [5.41, 5.74) is 11.0. The number of carbonyl (C=O) groups is 1. The van der Waals surface area contributed by atoms with E-state index >= 15 is 0 Å². The van der Waals surface area contributed by atoms with Crippen molar-refractivity contribution >= 4 is 17.3 Å². The molecular formula is C24H27N3O. The fourth-order valence-corrected chi connectivity index (χ4v) is 3.28. The van der Waals surface area contributed by atoms with Gasteiger partial charge in [0, 0.05) is 37.5 Å². The molecule has 4 nitrogen and oxygen atoms in total. The monoisotopic (exact) mass is 373 g/mol. The molecule has 0 aliphatic rings. The van der Waals surface area contributed by atoms with Crippen molar-refractivity contribution < 1.29 is 4.79 Å². The van der Waals surface area contributed by atoms with Gasteiger partial charge in [0.15, 0.2) is 5.78 Å². The van der Waals surface area contributed by atoms with Crippen LogP contribution in [0.15, 0.2) is 66.9 Å². The van der Waals surface area contributed by atoms with Gasteiger partial charge in [-0.25, -0.2) is 4.98 Å². The lowest BCUT2D eigenvalue weighted by Crippen LogP contribution is -2.17. The zero-order chi connectivity index (χ0) is 19.9. The van der Waals surface area contributed by atoms with E-state index in [1.54, 1.807) is 6.20 Å². The van der Waals surface area contributed by atoms with Crippen LogP contribution in [0, 0.1) is 0 Å². The quantitative estimate of drug-likeness (QED) is 0.565. The average molecular weight is 374 g/mol. The summed E-state index contributed by atoms with van der Waals surface area (Å²) in [4.78, 5) is 18.8. The molecule has 144 valence electrons. The number of aryl methyl sites for hydroxylation is 1. The van der Waals surface area contributed by atoms with Crippen molar-refractivity contribution in [2.24, 2.45) is 0 Å². The molecule has 0 fully saturated rings. The standard InChI is InChI=1S/C24H27N3O/c1-3-17-27(2)22-13-10-19(11-14-22)18-6-8-20(9-7-18)23(28)15-12-21-5-4-16-26-24(21)25/h4-11,13-14,16H,3,12,15,17H2,1-2H3,(H2,25,26). The van der Waals surface area contributed by atoms with Crippen molar-refractivity contribution in [1.82, 2.24) is 4.98 Å². The minimum atomic E-state index is 0.117. The van der Waals surface area contributed by atoms with Crippen molar-refractivity contribution in [3.8, 4) is 11.1 Å². The zero-order valence-corrected chi connectivity index (χ0v) is 16.6. The molecule has 0 aliphatic heterocycles. The molecule has 28 heavy (non-hydrogen) atoms. The summed E-state index contributed by atoms with van der Waals surface area (Å²) in [7, 11) is 2.11. The van der Waals surface area contributed by atoms with Crippen LogP contribution in [0.3, 0.4) is 0 Å². The van der Waals surface area contributed by atoms with E-state index in [1.807, 2.05) is 36.4 Å². The molecule has 0 saturated heterocycles. The maximum atomic E-state index is 12.5. The second-order valence-electron chi connectivity index (χ2n) is 7.02. The number of ketones is 1. The number of anilines is 2. The lowest BCUT2D eigenvalue weighted by molar-refractivity contribution is 0.0983. The molecule has 1 aromatic heterocycles. The van der Waals surface area contributed by atoms with E-state index in [2.05, 4.69) is 48.1 Å². The summed E-state index contributed by atoms with van der Waals surface area (Å²) in [6.07, 6.45) is 3.82. The van der Waals surface area contributed by atoms with E-state index in [1.165, 1.54) is 5.69 Å². The Balaban J connectivity index is 1.64. The summed E-state index contributed by atoms with van der Waals surface area (Å²) in [6, 6.07) is 20.1. The molecule has 2 aromatic carbocycles. The lowest BCUT2D eigenvalue weighted by Gasteiger charge is -2.18. The van der Waals surface area contributed by atoms with Crippen LogP contribution in [0.25, 0.3) is 11.1 Å². The van der Waals surface area contributed by atoms with E-state index in [0.717, 1.165) is 35.2 Å². The van der Waals surface area contributed by atoms with Gasteiger partial charge in [0.25, 0.3) is 0 Å². The Kier molecular flexibility index (Phi) is 6.43. The van der Waals surface area contributed by atoms with Gasteiger partial charge in [-0.1, -0.05) is 49.4 Å². The highest BCUT2D eigenvalue weighted by molar-refractivity contribution is 5.96. The fraction of sp³-hybridized carbons (Fsp3) is 0.250. The summed E-state index contributed by atoms with van der Waals surface area (Å²) in [5, 5.41) is 0. The Morgan fingerprint density at radius 3 is 2.25 bits per heavy atom. The van der Waals surface area contributed by atoms with Gasteiger partial charge in [-0.05, 0) is 47.7 Å². The van der Waals surface area contributed by atoms with E-state index < -0.39 is 0 Å². The Morgan fingerprint density at radius 1 is 1.00 bits per heavy atom. The maximum absolute atomic E-state index is 12.5. The number of benzene rings is 2. The number of nitrogen functional groups attached to an aromatic ring is 1. The highest BCUT2D eigenvalue weighted by Gasteiger charge is 2.09. The lowest BCUT2D eigenvalue weighted by atomic mass is 9.99. The molecule has 0 aliphatic carbocycles. The molecule has 0 bridgehead atoms. The highest BCUT2D eigenvalue weighted by atomic mass is 16.1. The molecule has 0 unspecified atom stereocenters. The predicted molar refractivity (Wildman–Crippen MR) is 117 cm³/mol. The first-order valence-electron chi connectivity index (χ1n) is 9.72. The van der Waals surface area contributed by atoms with Gasteiger partial charge < -0.3 is 10.6 Å². The van der Waals surface area contributed by atoms with Crippen LogP contribution in [0.2, 0.25) is 0 Å². The molecular weight excluding hydrogens is 346 g/mol. The molecule has 0 atom stereocenters. The van der Waals surface area contributed by atoms with Crippen LogP contribution in [0.4, 0.5) is 11.5 Å². The topological polar surface area (TPSA) is 59.2 Å². The number of carbonyl (C=O) groups excluding carboxylic acids is 1.